The summed E-state index contributed by atoms with van der Waals surface area (Å²) in [7, 11) is -3.72. The summed E-state index contributed by atoms with van der Waals surface area (Å²) in [6.45, 7) is 2.34. The van der Waals surface area contributed by atoms with E-state index in [1.807, 2.05) is 46.2 Å². The van der Waals surface area contributed by atoms with Crippen LogP contribution in [0.4, 0.5) is 11.4 Å². The normalized spacial score (nSPS) is 14.9. The highest BCUT2D eigenvalue weighted by molar-refractivity contribution is 14.1. The number of aliphatic imine (C=N–C) groups is 1. The SMILES string of the molecule is CC1OCc2c1c(N=CI)c(C(=N)N)n2-c1ccc(Oc2cccc(NS(=O)(=O)c3ccccc3)c2)cc1. The van der Waals surface area contributed by atoms with Gasteiger partial charge in [-0.15, -0.1) is 0 Å². The van der Waals surface area contributed by atoms with Gasteiger partial charge in [0.1, 0.15) is 23.0 Å². The van der Waals surface area contributed by atoms with Gasteiger partial charge in [-0.2, -0.15) is 0 Å². The van der Waals surface area contributed by atoms with Gasteiger partial charge in [0.15, 0.2) is 0 Å². The lowest BCUT2D eigenvalue weighted by Gasteiger charge is -2.14. The summed E-state index contributed by atoms with van der Waals surface area (Å²) in [5.74, 6) is 0.942. The van der Waals surface area contributed by atoms with Crippen LogP contribution in [-0.4, -0.2) is 23.0 Å². The molecule has 4 N–H and O–H groups in total. The molecule has 3 aromatic carbocycles. The molecule has 38 heavy (non-hydrogen) atoms. The lowest BCUT2D eigenvalue weighted by atomic mass is 10.1. The maximum atomic E-state index is 12.7. The summed E-state index contributed by atoms with van der Waals surface area (Å²) < 4.78 is 43.3. The molecule has 1 unspecified atom stereocenters. The van der Waals surface area contributed by atoms with E-state index in [0.717, 1.165) is 16.9 Å². The van der Waals surface area contributed by atoms with Crippen molar-refractivity contribution in [1.29, 1.82) is 5.41 Å². The number of fused-ring (bicyclic) bond motifs is 1. The van der Waals surface area contributed by atoms with E-state index < -0.39 is 10.0 Å². The van der Waals surface area contributed by atoms with Crippen LogP contribution >= 0.6 is 22.6 Å². The number of aromatic nitrogens is 1. The maximum Gasteiger partial charge on any atom is 0.261 e. The monoisotopic (exact) mass is 641 g/mol. The minimum atomic E-state index is -3.72. The second kappa shape index (κ2) is 10.6. The van der Waals surface area contributed by atoms with E-state index in [0.29, 0.717) is 35.2 Å². The molecule has 9 nitrogen and oxygen atoms in total. The van der Waals surface area contributed by atoms with Crippen LogP contribution in [0.3, 0.4) is 0 Å². The van der Waals surface area contributed by atoms with Crippen LogP contribution in [0.1, 0.15) is 30.0 Å². The van der Waals surface area contributed by atoms with Gasteiger partial charge in [-0.3, -0.25) is 10.1 Å². The Kier molecular flexibility index (Phi) is 7.23. The summed E-state index contributed by atoms with van der Waals surface area (Å²) in [5, 5.41) is 8.21. The molecule has 1 aliphatic rings. The van der Waals surface area contributed by atoms with Crippen LogP contribution in [-0.2, 0) is 21.4 Å². The van der Waals surface area contributed by atoms with Crippen LogP contribution in [0, 0.1) is 5.41 Å². The van der Waals surface area contributed by atoms with Gasteiger partial charge in [0.05, 0.1) is 38.9 Å². The van der Waals surface area contributed by atoms with E-state index in [9.17, 15) is 8.42 Å². The van der Waals surface area contributed by atoms with Crippen LogP contribution in [0.25, 0.3) is 5.69 Å². The van der Waals surface area contributed by atoms with Crippen LogP contribution in [0.2, 0.25) is 0 Å². The number of nitrogen functional groups attached to an aromatic ring is 1. The summed E-state index contributed by atoms with van der Waals surface area (Å²) in [6.07, 6.45) is -0.159. The molecule has 1 atom stereocenters. The topological polar surface area (TPSA) is 132 Å². The molecule has 11 heteroatoms. The fraction of sp³-hybridized carbons (Fsp3) is 0.111. The third-order valence-corrected chi connectivity index (χ3v) is 7.74. The van der Waals surface area contributed by atoms with E-state index in [4.69, 9.17) is 20.6 Å². The Morgan fingerprint density at radius 3 is 2.55 bits per heavy atom. The standard InChI is InChI=1S/C27H24IN5O4S/c1-17-24-23(15-36-17)33(26(27(29)30)25(24)31-16-28)19-10-12-20(13-11-19)37-21-7-5-6-18(14-21)32-38(34,35)22-8-3-2-4-9-22/h2-14,16-17,32H,15H2,1H3,(H3,29,30). The smallest absolute Gasteiger partial charge is 0.261 e. The number of halogens is 1. The fourth-order valence-corrected chi connectivity index (χ4v) is 5.78. The second-order valence-electron chi connectivity index (χ2n) is 8.53. The number of nitrogens with zero attached hydrogens (tertiary/aromatic N) is 2. The lowest BCUT2D eigenvalue weighted by molar-refractivity contribution is 0.0777. The molecular weight excluding hydrogens is 617 g/mol. The van der Waals surface area contributed by atoms with Gasteiger partial charge in [-0.1, -0.05) is 24.3 Å². The van der Waals surface area contributed by atoms with Gasteiger partial charge in [0, 0.05) is 17.3 Å². The Labute approximate surface area is 234 Å². The van der Waals surface area contributed by atoms with Gasteiger partial charge < -0.3 is 19.8 Å². The fourth-order valence-electron chi connectivity index (χ4n) is 4.43. The molecule has 1 aliphatic heterocycles. The first kappa shape index (κ1) is 25.9. The number of hydrogen-bond acceptors (Lipinski definition) is 6. The molecule has 5 rings (SSSR count). The maximum absolute atomic E-state index is 12.7. The summed E-state index contributed by atoms with van der Waals surface area (Å²) in [5.41, 5.74) is 10.2. The molecule has 0 radical (unpaired) electrons. The quantitative estimate of drug-likeness (QED) is 0.123. The van der Waals surface area contributed by atoms with Gasteiger partial charge in [-0.25, -0.2) is 13.4 Å². The Bertz CT molecular complexity index is 1630. The number of rotatable bonds is 8. The Hall–Kier alpha value is -3.68. The highest BCUT2D eigenvalue weighted by Gasteiger charge is 2.33. The first-order valence-electron chi connectivity index (χ1n) is 11.6. The molecule has 0 aliphatic carbocycles. The van der Waals surface area contributed by atoms with Crippen molar-refractivity contribution in [3.8, 4) is 17.2 Å². The number of ether oxygens (including phenoxy) is 2. The Morgan fingerprint density at radius 2 is 1.87 bits per heavy atom. The number of hydrogen-bond donors (Lipinski definition) is 3. The molecule has 0 saturated carbocycles. The predicted octanol–water partition coefficient (Wildman–Crippen LogP) is 6.04. The van der Waals surface area contributed by atoms with Crippen molar-refractivity contribution in [2.75, 3.05) is 4.72 Å². The summed E-state index contributed by atoms with van der Waals surface area (Å²) >= 11 is 2.05. The van der Waals surface area contributed by atoms with Gasteiger partial charge in [0.2, 0.25) is 0 Å². The van der Waals surface area contributed by atoms with Crippen molar-refractivity contribution in [2.45, 2.75) is 24.5 Å². The number of nitrogens with two attached hydrogens (primary N) is 1. The molecule has 1 aromatic heterocycles. The third kappa shape index (κ3) is 5.04. The van der Waals surface area contributed by atoms with Gasteiger partial charge >= 0.3 is 0 Å². The lowest BCUT2D eigenvalue weighted by Crippen LogP contribution is -2.17. The van der Waals surface area contributed by atoms with Gasteiger partial charge in [-0.05, 0) is 78.0 Å². The zero-order valence-corrected chi connectivity index (χ0v) is 23.2. The molecule has 0 bridgehead atoms. The summed E-state index contributed by atoms with van der Waals surface area (Å²) in [4.78, 5) is 4.67. The third-order valence-electron chi connectivity index (χ3n) is 6.06. The molecule has 2 heterocycles. The number of amidine groups is 1. The molecule has 0 amide bonds. The molecule has 4 aromatic rings. The van der Waals surface area contributed by atoms with Crippen LogP contribution in [0.5, 0.6) is 11.5 Å². The molecule has 194 valence electrons. The van der Waals surface area contributed by atoms with E-state index in [1.165, 1.54) is 12.1 Å². The number of nitrogens with one attached hydrogen (secondary N) is 2. The number of sulfonamides is 1. The highest BCUT2D eigenvalue weighted by Crippen LogP contribution is 2.43. The zero-order valence-electron chi connectivity index (χ0n) is 20.3. The number of anilines is 1. The first-order valence-corrected chi connectivity index (χ1v) is 14.3. The van der Waals surface area contributed by atoms with Crippen LogP contribution < -0.4 is 15.2 Å². The van der Waals surface area contributed by atoms with Crippen molar-refractivity contribution in [2.24, 2.45) is 10.7 Å². The molecule has 0 fully saturated rings. The summed E-state index contributed by atoms with van der Waals surface area (Å²) in [6, 6.07) is 22.2. The van der Waals surface area contributed by atoms with Crippen LogP contribution in [0.15, 0.2) is 88.8 Å². The first-order chi connectivity index (χ1) is 18.3. The van der Waals surface area contributed by atoms with E-state index in [2.05, 4.69) is 9.71 Å². The van der Waals surface area contributed by atoms with Crippen molar-refractivity contribution < 1.29 is 17.9 Å². The average molecular weight is 641 g/mol. The van der Waals surface area contributed by atoms with Crippen molar-refractivity contribution >= 4 is 54.0 Å². The predicted molar refractivity (Wildman–Crippen MR) is 156 cm³/mol. The minimum absolute atomic E-state index is 0.0845. The number of benzene rings is 3. The van der Waals surface area contributed by atoms with Crippen molar-refractivity contribution in [1.82, 2.24) is 4.57 Å². The van der Waals surface area contributed by atoms with Crippen molar-refractivity contribution in [3.63, 3.8) is 0 Å². The van der Waals surface area contributed by atoms with E-state index >= 15 is 0 Å². The molecule has 0 spiro atoms. The van der Waals surface area contributed by atoms with E-state index in [1.54, 1.807) is 58.8 Å². The molecular formula is C27H24IN5O4S. The van der Waals surface area contributed by atoms with Crippen molar-refractivity contribution in [3.05, 3.63) is 95.8 Å². The molecule has 0 saturated heterocycles. The average Bonchev–Trinajstić information content (AvgIpc) is 3.43. The zero-order chi connectivity index (χ0) is 26.9. The van der Waals surface area contributed by atoms with E-state index in [-0.39, 0.29) is 16.8 Å². The Balaban J connectivity index is 1.41. The minimum Gasteiger partial charge on any atom is -0.457 e. The van der Waals surface area contributed by atoms with Gasteiger partial charge in [0.25, 0.3) is 10.0 Å². The second-order valence-corrected chi connectivity index (χ2v) is 10.8. The largest absolute Gasteiger partial charge is 0.457 e. The highest BCUT2D eigenvalue weighted by atomic mass is 127. The Morgan fingerprint density at radius 1 is 1.13 bits per heavy atom.